The van der Waals surface area contributed by atoms with Crippen molar-refractivity contribution in [2.45, 2.75) is 18.9 Å². The number of hydrogen-bond acceptors (Lipinski definition) is 3. The summed E-state index contributed by atoms with van der Waals surface area (Å²) in [7, 11) is 0. The van der Waals surface area contributed by atoms with E-state index >= 15 is 0 Å². The van der Waals surface area contributed by atoms with Gasteiger partial charge in [0.15, 0.2) is 0 Å². The molecular formula is C18H15BrFN3O3. The van der Waals surface area contributed by atoms with Gasteiger partial charge in [0.05, 0.1) is 36.2 Å². The summed E-state index contributed by atoms with van der Waals surface area (Å²) in [5.74, 6) is -1.93. The van der Waals surface area contributed by atoms with E-state index in [0.717, 1.165) is 21.1 Å². The third-order valence-electron chi connectivity index (χ3n) is 3.90. The second-order valence-corrected chi connectivity index (χ2v) is 6.67. The molecule has 0 radical (unpaired) electrons. The second kappa shape index (κ2) is 7.65. The van der Waals surface area contributed by atoms with E-state index < -0.39 is 17.8 Å². The number of carboxylic acids is 1. The Morgan fingerprint density at radius 1 is 1.31 bits per heavy atom. The number of carboxylic acid groups (broad SMARTS) is 1. The van der Waals surface area contributed by atoms with Crippen LogP contribution in [-0.4, -0.2) is 27.0 Å². The van der Waals surface area contributed by atoms with Crippen LogP contribution in [0.4, 0.5) is 4.39 Å². The number of aromatic amines is 1. The normalized spacial score (nSPS) is 12.1. The van der Waals surface area contributed by atoms with Gasteiger partial charge in [-0.05, 0) is 35.4 Å². The van der Waals surface area contributed by atoms with Crippen LogP contribution < -0.4 is 5.32 Å². The monoisotopic (exact) mass is 419 g/mol. The molecular weight excluding hydrogens is 405 g/mol. The third kappa shape index (κ3) is 4.26. The zero-order valence-corrected chi connectivity index (χ0v) is 15.1. The molecule has 1 aromatic heterocycles. The van der Waals surface area contributed by atoms with Crippen molar-refractivity contribution in [1.29, 1.82) is 0 Å². The van der Waals surface area contributed by atoms with Crippen molar-refractivity contribution in [2.24, 2.45) is 0 Å². The molecule has 1 unspecified atom stereocenters. The Bertz CT molecular complexity index is 973. The highest BCUT2D eigenvalue weighted by Gasteiger charge is 2.19. The molecule has 0 aliphatic heterocycles. The highest BCUT2D eigenvalue weighted by Crippen LogP contribution is 2.24. The molecule has 1 heterocycles. The van der Waals surface area contributed by atoms with E-state index in [0.29, 0.717) is 5.56 Å². The number of hydrogen-bond donors (Lipinski definition) is 3. The third-order valence-corrected chi connectivity index (χ3v) is 4.64. The Hall–Kier alpha value is -2.74. The molecule has 3 N–H and O–H groups in total. The predicted octanol–water partition coefficient (Wildman–Crippen LogP) is 3.34. The highest BCUT2D eigenvalue weighted by atomic mass is 79.9. The molecule has 0 bridgehead atoms. The Labute approximate surface area is 156 Å². The lowest BCUT2D eigenvalue weighted by Crippen LogP contribution is -2.31. The van der Waals surface area contributed by atoms with E-state index in [1.165, 1.54) is 18.2 Å². The number of aromatic nitrogens is 2. The summed E-state index contributed by atoms with van der Waals surface area (Å²) >= 11 is 3.41. The molecule has 0 aliphatic carbocycles. The lowest BCUT2D eigenvalue weighted by atomic mass is 10.0. The van der Waals surface area contributed by atoms with Crippen LogP contribution in [0.2, 0.25) is 0 Å². The predicted molar refractivity (Wildman–Crippen MR) is 97.0 cm³/mol. The number of nitrogens with one attached hydrogen (secondary N) is 2. The molecule has 0 fully saturated rings. The minimum absolute atomic E-state index is 0.0426. The van der Waals surface area contributed by atoms with Gasteiger partial charge >= 0.3 is 5.97 Å². The maximum absolute atomic E-state index is 13.4. The van der Waals surface area contributed by atoms with Crippen molar-refractivity contribution < 1.29 is 19.1 Å². The Morgan fingerprint density at radius 3 is 2.85 bits per heavy atom. The molecule has 2 aromatic carbocycles. The van der Waals surface area contributed by atoms with Crippen LogP contribution in [-0.2, 0) is 16.0 Å². The van der Waals surface area contributed by atoms with E-state index in [-0.39, 0.29) is 18.7 Å². The molecule has 1 atom stereocenters. The first kappa shape index (κ1) is 18.1. The number of amides is 1. The molecule has 134 valence electrons. The van der Waals surface area contributed by atoms with Gasteiger partial charge in [-0.15, -0.1) is 0 Å². The summed E-state index contributed by atoms with van der Waals surface area (Å²) in [6.07, 6.45) is 1.27. The summed E-state index contributed by atoms with van der Waals surface area (Å²) in [4.78, 5) is 30.7. The number of nitrogens with zero attached hydrogens (tertiary/aromatic N) is 1. The number of aliphatic carboxylic acids is 1. The van der Waals surface area contributed by atoms with E-state index in [1.54, 1.807) is 24.5 Å². The second-order valence-electron chi connectivity index (χ2n) is 5.81. The molecule has 0 saturated carbocycles. The van der Waals surface area contributed by atoms with E-state index in [1.807, 2.05) is 0 Å². The number of fused-ring (bicyclic) bond motifs is 1. The molecule has 26 heavy (non-hydrogen) atoms. The number of rotatable bonds is 6. The van der Waals surface area contributed by atoms with Gasteiger partial charge < -0.3 is 15.4 Å². The van der Waals surface area contributed by atoms with Gasteiger partial charge in [0.25, 0.3) is 0 Å². The summed E-state index contributed by atoms with van der Waals surface area (Å²) in [6.45, 7) is 0. The maximum Gasteiger partial charge on any atom is 0.305 e. The summed E-state index contributed by atoms with van der Waals surface area (Å²) in [6, 6.07) is 8.35. The standard InChI is InChI=1S/C18H15BrFN3O3/c19-13-7-16-15(21-9-22-16)5-11(13)6-17(24)23-14(8-18(25)26)10-2-1-3-12(20)4-10/h1-5,7,9,14H,6,8H2,(H,21,22)(H,23,24)(H,25,26). The number of carbonyl (C=O) groups is 2. The van der Waals surface area contributed by atoms with Crippen LogP contribution in [0.5, 0.6) is 0 Å². The van der Waals surface area contributed by atoms with Crippen LogP contribution in [0, 0.1) is 5.82 Å². The first-order valence-corrected chi connectivity index (χ1v) is 8.60. The minimum Gasteiger partial charge on any atom is -0.481 e. The van der Waals surface area contributed by atoms with Gasteiger partial charge in [-0.1, -0.05) is 28.1 Å². The minimum atomic E-state index is -1.08. The molecule has 3 aromatic rings. The van der Waals surface area contributed by atoms with Crippen LogP contribution in [0.3, 0.4) is 0 Å². The summed E-state index contributed by atoms with van der Waals surface area (Å²) in [5, 5.41) is 11.8. The summed E-state index contributed by atoms with van der Waals surface area (Å²) in [5.41, 5.74) is 2.70. The fourth-order valence-corrected chi connectivity index (χ4v) is 3.18. The number of H-pyrrole nitrogens is 1. The number of imidazole rings is 1. The molecule has 1 amide bonds. The van der Waals surface area contributed by atoms with Gasteiger partial charge in [-0.2, -0.15) is 0 Å². The van der Waals surface area contributed by atoms with Crippen LogP contribution >= 0.6 is 15.9 Å². The number of halogens is 2. The number of carbonyl (C=O) groups excluding carboxylic acids is 1. The molecule has 0 saturated heterocycles. The Balaban J connectivity index is 1.78. The van der Waals surface area contributed by atoms with Crippen LogP contribution in [0.15, 0.2) is 47.2 Å². The molecule has 0 aliphatic rings. The maximum atomic E-state index is 13.4. The van der Waals surface area contributed by atoms with Crippen LogP contribution in [0.1, 0.15) is 23.6 Å². The van der Waals surface area contributed by atoms with Crippen molar-refractivity contribution in [3.63, 3.8) is 0 Å². The van der Waals surface area contributed by atoms with Gasteiger partial charge in [0.2, 0.25) is 5.91 Å². The van der Waals surface area contributed by atoms with Crippen molar-refractivity contribution >= 4 is 38.8 Å². The molecule has 8 heteroatoms. The Kier molecular flexibility index (Phi) is 5.32. The first-order chi connectivity index (χ1) is 12.4. The van der Waals surface area contributed by atoms with Gasteiger partial charge in [-0.3, -0.25) is 9.59 Å². The lowest BCUT2D eigenvalue weighted by molar-refractivity contribution is -0.137. The van der Waals surface area contributed by atoms with Crippen molar-refractivity contribution in [3.8, 4) is 0 Å². The number of benzene rings is 2. The lowest BCUT2D eigenvalue weighted by Gasteiger charge is -2.18. The van der Waals surface area contributed by atoms with Gasteiger partial charge in [0, 0.05) is 4.47 Å². The smallest absolute Gasteiger partial charge is 0.305 e. The highest BCUT2D eigenvalue weighted by molar-refractivity contribution is 9.10. The summed E-state index contributed by atoms with van der Waals surface area (Å²) < 4.78 is 14.2. The molecule has 0 spiro atoms. The van der Waals surface area contributed by atoms with E-state index in [2.05, 4.69) is 31.2 Å². The molecule has 6 nitrogen and oxygen atoms in total. The SMILES string of the molecule is O=C(O)CC(NC(=O)Cc1cc2[nH]cnc2cc1Br)c1cccc(F)c1. The topological polar surface area (TPSA) is 95.1 Å². The fourth-order valence-electron chi connectivity index (χ4n) is 2.71. The average Bonchev–Trinajstić information content (AvgIpc) is 3.01. The van der Waals surface area contributed by atoms with Crippen molar-refractivity contribution in [3.05, 3.63) is 64.1 Å². The zero-order valence-electron chi connectivity index (χ0n) is 13.5. The van der Waals surface area contributed by atoms with Gasteiger partial charge in [0.1, 0.15) is 5.82 Å². The van der Waals surface area contributed by atoms with Crippen molar-refractivity contribution in [2.75, 3.05) is 0 Å². The fraction of sp³-hybridized carbons (Fsp3) is 0.167. The Morgan fingerprint density at radius 2 is 2.12 bits per heavy atom. The van der Waals surface area contributed by atoms with E-state index in [9.17, 15) is 14.0 Å². The largest absolute Gasteiger partial charge is 0.481 e. The van der Waals surface area contributed by atoms with Crippen molar-refractivity contribution in [1.82, 2.24) is 15.3 Å². The average molecular weight is 420 g/mol. The van der Waals surface area contributed by atoms with Gasteiger partial charge in [-0.25, -0.2) is 9.37 Å². The van der Waals surface area contributed by atoms with E-state index in [4.69, 9.17) is 5.11 Å². The zero-order chi connectivity index (χ0) is 18.7. The quantitative estimate of drug-likeness (QED) is 0.570. The van der Waals surface area contributed by atoms with Crippen LogP contribution in [0.25, 0.3) is 11.0 Å². The first-order valence-electron chi connectivity index (χ1n) is 7.80. The molecule has 3 rings (SSSR count).